The van der Waals surface area contributed by atoms with Crippen LogP contribution in [0.2, 0.25) is 0 Å². The standard InChI is InChI=1S/C14H13NO4S/c16-11-4-2-1-3-9(11)5-6-12(17)15-10-7-8-20-13(10)14(18)19/h1-4,7-8,16H,5-6H2,(H,15,17)(H,18,19). The molecule has 0 radical (unpaired) electrons. The van der Waals surface area contributed by atoms with Crippen molar-refractivity contribution >= 4 is 28.9 Å². The molecule has 1 amide bonds. The van der Waals surface area contributed by atoms with E-state index in [4.69, 9.17) is 5.11 Å². The number of para-hydroxylation sites is 1. The molecule has 1 heterocycles. The van der Waals surface area contributed by atoms with Crippen LogP contribution in [0.4, 0.5) is 5.69 Å². The van der Waals surface area contributed by atoms with E-state index in [1.807, 2.05) is 0 Å². The summed E-state index contributed by atoms with van der Waals surface area (Å²) in [6.45, 7) is 0. The predicted octanol–water partition coefficient (Wildman–Crippen LogP) is 2.72. The number of carboxylic acid groups (broad SMARTS) is 1. The number of aromatic hydroxyl groups is 1. The predicted molar refractivity (Wildman–Crippen MR) is 76.3 cm³/mol. The monoisotopic (exact) mass is 291 g/mol. The van der Waals surface area contributed by atoms with Gasteiger partial charge in [-0.2, -0.15) is 0 Å². The molecule has 0 spiro atoms. The van der Waals surface area contributed by atoms with Crippen molar-refractivity contribution in [2.45, 2.75) is 12.8 Å². The molecule has 1 aromatic heterocycles. The first-order chi connectivity index (χ1) is 9.58. The lowest BCUT2D eigenvalue weighted by atomic mass is 10.1. The summed E-state index contributed by atoms with van der Waals surface area (Å²) in [5, 5.41) is 22.7. The summed E-state index contributed by atoms with van der Waals surface area (Å²) >= 11 is 1.06. The molecule has 0 aliphatic rings. The van der Waals surface area contributed by atoms with Gasteiger partial charge in [-0.15, -0.1) is 11.3 Å². The number of aryl methyl sites for hydroxylation is 1. The largest absolute Gasteiger partial charge is 0.508 e. The van der Waals surface area contributed by atoms with Gasteiger partial charge >= 0.3 is 5.97 Å². The first-order valence-electron chi connectivity index (χ1n) is 5.95. The number of carbonyl (C=O) groups excluding carboxylic acids is 1. The van der Waals surface area contributed by atoms with Crippen LogP contribution >= 0.6 is 11.3 Å². The number of anilines is 1. The van der Waals surface area contributed by atoms with Gasteiger partial charge in [-0.25, -0.2) is 4.79 Å². The highest BCUT2D eigenvalue weighted by atomic mass is 32.1. The van der Waals surface area contributed by atoms with E-state index in [0.29, 0.717) is 17.7 Å². The minimum Gasteiger partial charge on any atom is -0.508 e. The lowest BCUT2D eigenvalue weighted by Gasteiger charge is -2.06. The van der Waals surface area contributed by atoms with Crippen molar-refractivity contribution in [1.82, 2.24) is 0 Å². The van der Waals surface area contributed by atoms with Crippen LogP contribution in [0.3, 0.4) is 0 Å². The van der Waals surface area contributed by atoms with E-state index in [9.17, 15) is 14.7 Å². The van der Waals surface area contributed by atoms with Crippen LogP contribution < -0.4 is 5.32 Å². The summed E-state index contributed by atoms with van der Waals surface area (Å²) in [5.74, 6) is -1.19. The number of amides is 1. The molecule has 2 aromatic rings. The fourth-order valence-corrected chi connectivity index (χ4v) is 2.44. The van der Waals surface area contributed by atoms with Crippen molar-refractivity contribution in [1.29, 1.82) is 0 Å². The Labute approximate surface area is 119 Å². The molecule has 5 nitrogen and oxygen atoms in total. The molecule has 104 valence electrons. The number of carboxylic acids is 1. The number of hydrogen-bond acceptors (Lipinski definition) is 4. The second kappa shape index (κ2) is 6.21. The summed E-state index contributed by atoms with van der Waals surface area (Å²) in [4.78, 5) is 22.8. The number of phenolic OH excluding ortho intramolecular Hbond substituents is 1. The van der Waals surface area contributed by atoms with Gasteiger partial charge in [0.05, 0.1) is 5.69 Å². The smallest absolute Gasteiger partial charge is 0.348 e. The third kappa shape index (κ3) is 3.36. The van der Waals surface area contributed by atoms with E-state index >= 15 is 0 Å². The number of rotatable bonds is 5. The van der Waals surface area contributed by atoms with Gasteiger partial charge in [0.1, 0.15) is 10.6 Å². The highest BCUT2D eigenvalue weighted by molar-refractivity contribution is 7.12. The second-order valence-corrected chi connectivity index (χ2v) is 5.06. The minimum atomic E-state index is -1.06. The number of hydrogen-bond donors (Lipinski definition) is 3. The molecule has 0 aliphatic heterocycles. The SMILES string of the molecule is O=C(CCc1ccccc1O)Nc1ccsc1C(=O)O. The zero-order valence-corrected chi connectivity index (χ0v) is 11.3. The summed E-state index contributed by atoms with van der Waals surface area (Å²) in [7, 11) is 0. The maximum absolute atomic E-state index is 11.8. The second-order valence-electron chi connectivity index (χ2n) is 4.15. The Morgan fingerprint density at radius 3 is 2.65 bits per heavy atom. The van der Waals surface area contributed by atoms with E-state index < -0.39 is 5.97 Å². The van der Waals surface area contributed by atoms with E-state index in [1.54, 1.807) is 35.7 Å². The van der Waals surface area contributed by atoms with E-state index in [0.717, 1.165) is 11.3 Å². The molecule has 0 aliphatic carbocycles. The Kier molecular flexibility index (Phi) is 4.37. The van der Waals surface area contributed by atoms with Crippen LogP contribution in [0.15, 0.2) is 35.7 Å². The van der Waals surface area contributed by atoms with Crippen LogP contribution in [0, 0.1) is 0 Å². The topological polar surface area (TPSA) is 86.6 Å². The molecular weight excluding hydrogens is 278 g/mol. The Morgan fingerprint density at radius 2 is 1.95 bits per heavy atom. The maximum atomic E-state index is 11.8. The van der Waals surface area contributed by atoms with Crippen molar-refractivity contribution in [3.05, 3.63) is 46.2 Å². The molecule has 6 heteroatoms. The third-order valence-corrected chi connectivity index (χ3v) is 3.65. The summed E-state index contributed by atoms with van der Waals surface area (Å²) in [6.07, 6.45) is 0.567. The molecule has 1 aromatic carbocycles. The highest BCUT2D eigenvalue weighted by Gasteiger charge is 2.14. The van der Waals surface area contributed by atoms with Gasteiger partial charge in [0, 0.05) is 6.42 Å². The van der Waals surface area contributed by atoms with Gasteiger partial charge in [-0.1, -0.05) is 18.2 Å². The molecule has 0 fully saturated rings. The van der Waals surface area contributed by atoms with Crippen molar-refractivity contribution in [3.63, 3.8) is 0 Å². The van der Waals surface area contributed by atoms with Crippen molar-refractivity contribution in [2.75, 3.05) is 5.32 Å². The lowest BCUT2D eigenvalue weighted by molar-refractivity contribution is -0.116. The quantitative estimate of drug-likeness (QED) is 0.790. The van der Waals surface area contributed by atoms with Crippen LogP contribution in [0.5, 0.6) is 5.75 Å². The van der Waals surface area contributed by atoms with Gasteiger partial charge in [0.15, 0.2) is 0 Å². The number of carbonyl (C=O) groups is 2. The summed E-state index contributed by atoms with van der Waals surface area (Å²) in [6, 6.07) is 8.37. The van der Waals surface area contributed by atoms with Crippen LogP contribution in [0.25, 0.3) is 0 Å². The van der Waals surface area contributed by atoms with Crippen molar-refractivity contribution < 1.29 is 19.8 Å². The Hall–Kier alpha value is -2.34. The highest BCUT2D eigenvalue weighted by Crippen LogP contribution is 2.23. The van der Waals surface area contributed by atoms with Crippen molar-refractivity contribution in [3.8, 4) is 5.75 Å². The number of aromatic carboxylic acids is 1. The van der Waals surface area contributed by atoms with Crippen LogP contribution in [0.1, 0.15) is 21.7 Å². The van der Waals surface area contributed by atoms with Gasteiger partial charge in [0.25, 0.3) is 0 Å². The van der Waals surface area contributed by atoms with Gasteiger partial charge < -0.3 is 15.5 Å². The first kappa shape index (κ1) is 14.1. The fourth-order valence-electron chi connectivity index (χ4n) is 1.76. The lowest BCUT2D eigenvalue weighted by Crippen LogP contribution is -2.13. The van der Waals surface area contributed by atoms with Crippen LogP contribution in [-0.2, 0) is 11.2 Å². The number of benzene rings is 1. The zero-order valence-electron chi connectivity index (χ0n) is 10.5. The van der Waals surface area contributed by atoms with Gasteiger partial charge in [0.2, 0.25) is 5.91 Å². The molecular formula is C14H13NO4S. The molecule has 3 N–H and O–H groups in total. The average molecular weight is 291 g/mol. The first-order valence-corrected chi connectivity index (χ1v) is 6.83. The Bertz CT molecular complexity index is 636. The normalized spacial score (nSPS) is 10.2. The molecule has 0 saturated heterocycles. The molecule has 20 heavy (non-hydrogen) atoms. The Morgan fingerprint density at radius 1 is 1.20 bits per heavy atom. The molecule has 0 atom stereocenters. The molecule has 2 rings (SSSR count). The molecule has 0 saturated carbocycles. The fraction of sp³-hybridized carbons (Fsp3) is 0.143. The summed E-state index contributed by atoms with van der Waals surface area (Å²) < 4.78 is 0. The number of thiophene rings is 1. The molecule has 0 bridgehead atoms. The maximum Gasteiger partial charge on any atom is 0.348 e. The summed E-state index contributed by atoms with van der Waals surface area (Å²) in [5.41, 5.74) is 0.996. The van der Waals surface area contributed by atoms with E-state index in [2.05, 4.69) is 5.32 Å². The zero-order chi connectivity index (χ0) is 14.5. The number of phenols is 1. The van der Waals surface area contributed by atoms with E-state index in [-0.39, 0.29) is 23.0 Å². The minimum absolute atomic E-state index is 0.112. The van der Waals surface area contributed by atoms with E-state index in [1.165, 1.54) is 0 Å². The number of nitrogens with one attached hydrogen (secondary N) is 1. The van der Waals surface area contributed by atoms with Gasteiger partial charge in [-0.05, 0) is 29.5 Å². The van der Waals surface area contributed by atoms with Crippen LogP contribution in [-0.4, -0.2) is 22.1 Å². The Balaban J connectivity index is 1.95. The van der Waals surface area contributed by atoms with Gasteiger partial charge in [-0.3, -0.25) is 4.79 Å². The van der Waals surface area contributed by atoms with Crippen molar-refractivity contribution in [2.24, 2.45) is 0 Å². The average Bonchev–Trinajstić information content (AvgIpc) is 2.86. The molecule has 0 unspecified atom stereocenters. The third-order valence-electron chi connectivity index (χ3n) is 2.75.